The normalized spacial score (nSPS) is 13.1. The first-order valence-electron chi connectivity index (χ1n) is 20.8. The van der Waals surface area contributed by atoms with Gasteiger partial charge in [-0.3, -0.25) is 0 Å². The fourth-order valence-electron chi connectivity index (χ4n) is 7.74. The first-order valence-corrected chi connectivity index (χ1v) is 28.0. The quantitative estimate of drug-likeness (QED) is 0.0510. The van der Waals surface area contributed by atoms with Crippen LogP contribution in [-0.4, -0.2) is 4.70 Å². The molecule has 0 fully saturated rings. The van der Waals surface area contributed by atoms with Crippen molar-refractivity contribution in [3.63, 3.8) is 0 Å². The van der Waals surface area contributed by atoms with Crippen LogP contribution in [0.5, 0.6) is 0 Å². The van der Waals surface area contributed by atoms with Gasteiger partial charge in [-0.1, -0.05) is 154 Å². The Kier molecular flexibility index (Phi) is 25.9. The van der Waals surface area contributed by atoms with Crippen molar-refractivity contribution in [3.05, 3.63) is 86.5 Å². The van der Waals surface area contributed by atoms with Crippen molar-refractivity contribution in [1.82, 2.24) is 0 Å². The Morgan fingerprint density at radius 3 is 1.20 bits per heavy atom. The molecule has 2 aromatic rings. The average Bonchev–Trinajstić information content (AvgIpc) is 3.38. The number of aryl methyl sites for hydroxylation is 4. The second-order valence-electron chi connectivity index (χ2n) is 15.1. The molecule has 0 saturated carbocycles. The maximum absolute atomic E-state index is 12.3. The van der Waals surface area contributed by atoms with E-state index in [0.29, 0.717) is 13.9 Å². The van der Waals surface area contributed by atoms with Gasteiger partial charge in [-0.05, 0) is 101 Å². The van der Waals surface area contributed by atoms with Crippen molar-refractivity contribution in [1.29, 1.82) is 0 Å². The second-order valence-corrected chi connectivity index (χ2v) is 22.3. The third-order valence-electron chi connectivity index (χ3n) is 10.4. The summed E-state index contributed by atoms with van der Waals surface area (Å²) in [6.07, 6.45) is 30.2. The van der Waals surface area contributed by atoms with Crippen molar-refractivity contribution < 1.29 is 18.6 Å². The van der Waals surface area contributed by atoms with E-state index in [1.807, 2.05) is 0 Å². The Morgan fingerprint density at radius 2 is 0.784 bits per heavy atom. The van der Waals surface area contributed by atoms with Crippen molar-refractivity contribution in [2.24, 2.45) is 0 Å². The summed E-state index contributed by atoms with van der Waals surface area (Å²) < 4.78 is 1.63. The van der Waals surface area contributed by atoms with Crippen LogP contribution >= 0.6 is 26.9 Å². The van der Waals surface area contributed by atoms with Gasteiger partial charge < -0.3 is 5.53 Å². The van der Waals surface area contributed by atoms with Crippen LogP contribution < -0.4 is 0 Å². The van der Waals surface area contributed by atoms with Crippen LogP contribution in [0.4, 0.5) is 0 Å². The number of hydrogen-bond donors (Lipinski definition) is 0. The Bertz CT molecular complexity index is 1290. The Balaban J connectivity index is 0.00000290. The van der Waals surface area contributed by atoms with Gasteiger partial charge in [0.2, 0.25) is 11.4 Å². The summed E-state index contributed by atoms with van der Waals surface area (Å²) in [5.74, 6) is 0. The van der Waals surface area contributed by atoms with E-state index in [0.717, 1.165) is 55.5 Å². The van der Waals surface area contributed by atoms with Crippen molar-refractivity contribution in [3.8, 4) is 0 Å². The van der Waals surface area contributed by atoms with E-state index >= 15 is 0 Å². The fraction of sp³-hybridized carbons (Fsp3) is 0.652. The number of unbranched alkanes of at least 4 members (excludes halogenated alkanes) is 16. The molecule has 0 aliphatic carbocycles. The Morgan fingerprint density at radius 1 is 0.451 bits per heavy atom. The van der Waals surface area contributed by atoms with Crippen LogP contribution in [0.25, 0.3) is 16.9 Å². The molecule has 1 heterocycles. The Labute approximate surface area is 336 Å². The van der Waals surface area contributed by atoms with Crippen molar-refractivity contribution in [2.45, 2.75) is 196 Å². The molecule has 290 valence electrons. The van der Waals surface area contributed by atoms with Gasteiger partial charge in [0.05, 0.1) is 0 Å². The molecular formula is C46H72Br2N2Pd. The summed E-state index contributed by atoms with van der Waals surface area (Å²) in [6.45, 7) is 13.6. The van der Waals surface area contributed by atoms with Crippen molar-refractivity contribution in [2.75, 3.05) is 0 Å². The predicted molar refractivity (Wildman–Crippen MR) is 229 cm³/mol. The molecule has 0 spiro atoms. The van der Waals surface area contributed by atoms with Gasteiger partial charge >= 0.3 is 40.8 Å². The van der Waals surface area contributed by atoms with E-state index < -0.39 is 0 Å². The van der Waals surface area contributed by atoms with Crippen LogP contribution in [0, 0.1) is 13.8 Å². The van der Waals surface area contributed by atoms with E-state index in [2.05, 4.69) is 105 Å². The summed E-state index contributed by atoms with van der Waals surface area (Å²) in [5, 5.41) is 0. The topological polar surface area (TPSA) is 25.3 Å². The van der Waals surface area contributed by atoms with Crippen molar-refractivity contribution >= 4 is 38.3 Å². The molecule has 2 nitrogen and oxygen atoms in total. The first kappa shape index (κ1) is 46.3. The van der Waals surface area contributed by atoms with E-state index in [1.165, 1.54) is 155 Å². The summed E-state index contributed by atoms with van der Waals surface area (Å²) in [6, 6.07) is 14.2. The fourth-order valence-corrected chi connectivity index (χ4v) is 7.74. The molecule has 0 N–H and O–H groups in total. The molecule has 51 heavy (non-hydrogen) atoms. The molecule has 0 bridgehead atoms. The van der Waals surface area contributed by atoms with E-state index in [1.54, 1.807) is 4.70 Å². The second kappa shape index (κ2) is 28.6. The van der Waals surface area contributed by atoms with Gasteiger partial charge in [0.25, 0.3) is 0 Å². The van der Waals surface area contributed by atoms with Crippen LogP contribution in [0.1, 0.15) is 202 Å². The minimum atomic E-state index is 0.575. The zero-order valence-electron chi connectivity index (χ0n) is 33.4. The summed E-state index contributed by atoms with van der Waals surface area (Å²) >= 11 is 6.80. The molecule has 3 rings (SSSR count). The van der Waals surface area contributed by atoms with Gasteiger partial charge in [-0.15, -0.1) is 0 Å². The molecule has 1 aliphatic heterocycles. The van der Waals surface area contributed by atoms with Crippen LogP contribution in [0.2, 0.25) is 0 Å². The average molecular weight is 919 g/mol. The van der Waals surface area contributed by atoms with E-state index in [4.69, 9.17) is 0 Å². The zero-order chi connectivity index (χ0) is 37.3. The summed E-state index contributed by atoms with van der Waals surface area (Å²) in [5.41, 5.74) is 25.0. The Hall–Kier alpha value is -0.858. The molecule has 0 amide bonds. The molecular weight excluding hydrogens is 847 g/mol. The van der Waals surface area contributed by atoms with Gasteiger partial charge in [0.1, 0.15) is 0 Å². The molecule has 0 saturated heterocycles. The number of benzene rings is 2. The van der Waals surface area contributed by atoms with Crippen LogP contribution in [0.3, 0.4) is 0 Å². The molecule has 0 aromatic heterocycles. The van der Waals surface area contributed by atoms with Gasteiger partial charge in [0.15, 0.2) is 0 Å². The molecule has 2 aromatic carbocycles. The van der Waals surface area contributed by atoms with Gasteiger partial charge in [-0.2, -0.15) is 0 Å². The molecule has 0 atom stereocenters. The summed E-state index contributed by atoms with van der Waals surface area (Å²) in [4.78, 5) is 0. The van der Waals surface area contributed by atoms with Crippen LogP contribution in [-0.2, 0) is 26.8 Å². The SMILES string of the molecule is CCCCCCCCC1=C(c2cc(CCCCCCCC)cc(CCCCCCCC)c2)[N+](=[N-])C(c2cc(C)cc(C)c2)=C1CCCC.[Br][Pd][Br]. The van der Waals surface area contributed by atoms with Gasteiger partial charge in [0, 0.05) is 22.3 Å². The van der Waals surface area contributed by atoms with Gasteiger partial charge in [-0.25, -0.2) is 4.70 Å². The first-order chi connectivity index (χ1) is 24.8. The standard InChI is InChI=1S/C46H72N2.2BrH.Pd/c1-7-11-15-18-21-24-27-39-34-40(28-25-22-19-16-12-8-2)36-42(35-39)46-44(30-26-23-20-17-13-9-3)43(29-14-10-4)45(48(46)47)41-32-37(5)31-38(6)33-41;;;/h31-36H,7-30H2,1-6H3;2*1H;/q;;;+2/p-2. The predicted octanol–water partition coefficient (Wildman–Crippen LogP) is 16.9. The maximum atomic E-state index is 12.3. The number of nitrogens with zero attached hydrogens (tertiary/aromatic N) is 2. The summed E-state index contributed by atoms with van der Waals surface area (Å²) in [7, 11) is 0. The number of halogens is 2. The van der Waals surface area contributed by atoms with E-state index in [-0.39, 0.29) is 0 Å². The third-order valence-corrected chi connectivity index (χ3v) is 10.4. The molecule has 0 radical (unpaired) electrons. The molecule has 1 aliphatic rings. The van der Waals surface area contributed by atoms with Crippen LogP contribution in [0.15, 0.2) is 47.5 Å². The monoisotopic (exact) mass is 916 g/mol. The van der Waals surface area contributed by atoms with E-state index in [9.17, 15) is 5.53 Å². The number of hydrogen-bond acceptors (Lipinski definition) is 0. The third kappa shape index (κ3) is 17.4. The minimum absolute atomic E-state index is 0.575. The molecule has 0 unspecified atom stereocenters. The zero-order valence-corrected chi connectivity index (χ0v) is 38.1. The number of rotatable bonds is 26. The molecule has 5 heteroatoms. The number of allylic oxidation sites excluding steroid dienone is 2.